The molecule has 0 fully saturated rings. The molecule has 1 unspecified atom stereocenters. The average Bonchev–Trinajstić information content (AvgIpc) is 2.33. The molecule has 0 amide bonds. The van der Waals surface area contributed by atoms with E-state index in [0.717, 1.165) is 11.8 Å². The molecule has 0 saturated heterocycles. The van der Waals surface area contributed by atoms with Gasteiger partial charge in [0.1, 0.15) is 11.6 Å². The Hall–Kier alpha value is -2.01. The molecule has 2 rings (SSSR count). The molecule has 0 spiro atoms. The lowest BCUT2D eigenvalue weighted by Crippen LogP contribution is -2.16. The van der Waals surface area contributed by atoms with E-state index >= 15 is 0 Å². The minimum Gasteiger partial charge on any atom is -0.383 e. The Bertz CT molecular complexity index is 498. The highest BCUT2D eigenvalue weighted by Crippen LogP contribution is 2.17. The maximum Gasteiger partial charge on any atom is 0.141 e. The second-order valence-electron chi connectivity index (χ2n) is 3.76. The molecule has 0 radical (unpaired) electrons. The Morgan fingerprint density at radius 1 is 1.24 bits per heavy atom. The Morgan fingerprint density at radius 2 is 2.06 bits per heavy atom. The molecule has 17 heavy (non-hydrogen) atoms. The smallest absolute Gasteiger partial charge is 0.141 e. The summed E-state index contributed by atoms with van der Waals surface area (Å²) in [6, 6.07) is 6.27. The van der Waals surface area contributed by atoms with Crippen LogP contribution in [0.25, 0.3) is 0 Å². The lowest BCUT2D eigenvalue weighted by molar-refractivity contribution is 0.612. The van der Waals surface area contributed by atoms with Crippen molar-refractivity contribution in [3.05, 3.63) is 53.7 Å². The van der Waals surface area contributed by atoms with E-state index in [4.69, 9.17) is 11.5 Å². The molecule has 4 N–H and O–H groups in total. The number of anilines is 1. The monoisotopic (exact) mass is 232 g/mol. The highest BCUT2D eigenvalue weighted by molar-refractivity contribution is 5.39. The van der Waals surface area contributed by atoms with Gasteiger partial charge in [-0.05, 0) is 30.2 Å². The van der Waals surface area contributed by atoms with Gasteiger partial charge in [-0.25, -0.2) is 9.37 Å². The molecule has 0 aliphatic rings. The molecule has 0 bridgehead atoms. The highest BCUT2D eigenvalue weighted by atomic mass is 19.1. The second-order valence-corrected chi connectivity index (χ2v) is 3.76. The van der Waals surface area contributed by atoms with Gasteiger partial charge in [0.25, 0.3) is 0 Å². The van der Waals surface area contributed by atoms with Crippen LogP contribution in [0.2, 0.25) is 0 Å². The predicted molar refractivity (Wildman–Crippen MR) is 63.5 cm³/mol. The van der Waals surface area contributed by atoms with E-state index in [2.05, 4.69) is 9.97 Å². The van der Waals surface area contributed by atoms with Crippen LogP contribution in [0.5, 0.6) is 0 Å². The van der Waals surface area contributed by atoms with Crippen LogP contribution in [0.3, 0.4) is 0 Å². The molecule has 0 saturated carbocycles. The molecular formula is C12H13FN4. The molecule has 5 heteroatoms. The van der Waals surface area contributed by atoms with Gasteiger partial charge in [-0.1, -0.05) is 6.07 Å². The van der Waals surface area contributed by atoms with Crippen molar-refractivity contribution < 1.29 is 4.39 Å². The van der Waals surface area contributed by atoms with Crippen molar-refractivity contribution in [3.8, 4) is 0 Å². The van der Waals surface area contributed by atoms with E-state index in [0.29, 0.717) is 17.9 Å². The fraction of sp³-hybridized carbons (Fsp3) is 0.167. The first-order valence-electron chi connectivity index (χ1n) is 5.23. The third-order valence-electron chi connectivity index (χ3n) is 2.50. The maximum absolute atomic E-state index is 12.7. The number of pyridine rings is 2. The number of aromatic nitrogens is 2. The Labute approximate surface area is 98.5 Å². The summed E-state index contributed by atoms with van der Waals surface area (Å²) in [6.07, 6.45) is 3.31. The van der Waals surface area contributed by atoms with Gasteiger partial charge >= 0.3 is 0 Å². The number of nitrogens with zero attached hydrogens (tertiary/aromatic N) is 2. The molecule has 1 atom stereocenters. The fourth-order valence-electron chi connectivity index (χ4n) is 1.57. The van der Waals surface area contributed by atoms with Crippen LogP contribution in [0, 0.1) is 5.82 Å². The van der Waals surface area contributed by atoms with Crippen LogP contribution in [-0.4, -0.2) is 9.97 Å². The van der Waals surface area contributed by atoms with Gasteiger partial charge in [0.05, 0.1) is 17.9 Å². The van der Waals surface area contributed by atoms with Crippen molar-refractivity contribution in [2.75, 3.05) is 5.73 Å². The summed E-state index contributed by atoms with van der Waals surface area (Å²) in [4.78, 5) is 7.92. The number of nitrogens with two attached hydrogens (primary N) is 2. The third-order valence-corrected chi connectivity index (χ3v) is 2.50. The lowest BCUT2D eigenvalue weighted by atomic mass is 10.0. The van der Waals surface area contributed by atoms with Gasteiger partial charge in [-0.2, -0.15) is 0 Å². The number of hydrogen-bond donors (Lipinski definition) is 2. The van der Waals surface area contributed by atoms with Gasteiger partial charge in [-0.3, -0.25) is 4.98 Å². The van der Waals surface area contributed by atoms with Crippen molar-refractivity contribution in [1.29, 1.82) is 0 Å². The van der Waals surface area contributed by atoms with Crippen LogP contribution in [0.4, 0.5) is 10.2 Å². The van der Waals surface area contributed by atoms with Crippen LogP contribution in [0.1, 0.15) is 17.3 Å². The summed E-state index contributed by atoms with van der Waals surface area (Å²) in [5, 5.41) is 0. The molecule has 4 nitrogen and oxygen atoms in total. The standard InChI is InChI=1S/C12H13FN4/c13-9-3-4-11(17-7-9)10(14)6-8-2-1-5-16-12(8)15/h1-5,7,10H,6,14H2,(H2,15,16). The molecule has 2 aromatic rings. The lowest BCUT2D eigenvalue weighted by Gasteiger charge is -2.11. The van der Waals surface area contributed by atoms with Crippen molar-refractivity contribution >= 4 is 5.82 Å². The van der Waals surface area contributed by atoms with Crippen LogP contribution < -0.4 is 11.5 Å². The number of rotatable bonds is 3. The number of halogens is 1. The topological polar surface area (TPSA) is 77.8 Å². The zero-order valence-corrected chi connectivity index (χ0v) is 9.18. The van der Waals surface area contributed by atoms with E-state index in [1.54, 1.807) is 18.3 Å². The van der Waals surface area contributed by atoms with Crippen LogP contribution >= 0.6 is 0 Å². The first-order valence-corrected chi connectivity index (χ1v) is 5.23. The molecular weight excluding hydrogens is 219 g/mol. The zero-order chi connectivity index (χ0) is 12.3. The molecule has 88 valence electrons. The molecule has 0 aromatic carbocycles. The van der Waals surface area contributed by atoms with Gasteiger partial charge in [0.2, 0.25) is 0 Å². The minimum atomic E-state index is -0.373. The SMILES string of the molecule is Nc1ncccc1CC(N)c1ccc(F)cn1. The number of hydrogen-bond acceptors (Lipinski definition) is 4. The van der Waals surface area contributed by atoms with Gasteiger partial charge in [0.15, 0.2) is 0 Å². The van der Waals surface area contributed by atoms with Crippen molar-refractivity contribution in [3.63, 3.8) is 0 Å². The summed E-state index contributed by atoms with van der Waals surface area (Å²) in [7, 11) is 0. The normalized spacial score (nSPS) is 12.4. The van der Waals surface area contributed by atoms with Gasteiger partial charge in [-0.15, -0.1) is 0 Å². The average molecular weight is 232 g/mol. The van der Waals surface area contributed by atoms with Crippen molar-refractivity contribution in [1.82, 2.24) is 9.97 Å². The highest BCUT2D eigenvalue weighted by Gasteiger charge is 2.10. The zero-order valence-electron chi connectivity index (χ0n) is 9.18. The van der Waals surface area contributed by atoms with E-state index in [9.17, 15) is 4.39 Å². The Kier molecular flexibility index (Phi) is 3.30. The van der Waals surface area contributed by atoms with Gasteiger partial charge < -0.3 is 11.5 Å². The summed E-state index contributed by atoms with van der Waals surface area (Å²) in [5.41, 5.74) is 13.2. The van der Waals surface area contributed by atoms with E-state index in [-0.39, 0.29) is 11.9 Å². The molecule has 0 aliphatic carbocycles. The summed E-state index contributed by atoms with van der Waals surface area (Å²) in [5.74, 6) is 0.0897. The first-order chi connectivity index (χ1) is 8.16. The first kappa shape index (κ1) is 11.5. The molecule has 0 aliphatic heterocycles. The number of nitrogen functional groups attached to an aromatic ring is 1. The summed E-state index contributed by atoms with van der Waals surface area (Å²) >= 11 is 0. The van der Waals surface area contributed by atoms with Crippen molar-refractivity contribution in [2.45, 2.75) is 12.5 Å². The van der Waals surface area contributed by atoms with Crippen molar-refractivity contribution in [2.24, 2.45) is 5.73 Å². The quantitative estimate of drug-likeness (QED) is 0.839. The predicted octanol–water partition coefficient (Wildman–Crippen LogP) is 1.44. The minimum absolute atomic E-state index is 0.318. The molecule has 2 heterocycles. The summed E-state index contributed by atoms with van der Waals surface area (Å²) < 4.78 is 12.7. The largest absolute Gasteiger partial charge is 0.383 e. The second kappa shape index (κ2) is 4.88. The Morgan fingerprint density at radius 3 is 2.71 bits per heavy atom. The third kappa shape index (κ3) is 2.76. The molecule has 2 aromatic heterocycles. The summed E-state index contributed by atoms with van der Waals surface area (Å²) in [6.45, 7) is 0. The van der Waals surface area contributed by atoms with Gasteiger partial charge in [0, 0.05) is 6.20 Å². The van der Waals surface area contributed by atoms with E-state index in [1.807, 2.05) is 6.07 Å². The van der Waals surface area contributed by atoms with Crippen LogP contribution in [-0.2, 0) is 6.42 Å². The Balaban J connectivity index is 2.14. The van der Waals surface area contributed by atoms with Crippen LogP contribution in [0.15, 0.2) is 36.7 Å². The van der Waals surface area contributed by atoms with E-state index in [1.165, 1.54) is 6.07 Å². The van der Waals surface area contributed by atoms with E-state index < -0.39 is 0 Å². The maximum atomic E-state index is 12.7. The fourth-order valence-corrected chi connectivity index (χ4v) is 1.57.